The van der Waals surface area contributed by atoms with Gasteiger partial charge in [-0.05, 0) is 53.6 Å². The molecule has 164 valence electrons. The molecular formula is C28H30N2O2. The van der Waals surface area contributed by atoms with Gasteiger partial charge in [-0.15, -0.1) is 0 Å². The van der Waals surface area contributed by atoms with Gasteiger partial charge in [-0.2, -0.15) is 0 Å². The van der Waals surface area contributed by atoms with Gasteiger partial charge in [0.2, 0.25) is 0 Å². The lowest BCUT2D eigenvalue weighted by Crippen LogP contribution is -2.41. The second-order valence-corrected chi connectivity index (χ2v) is 9.07. The maximum absolute atomic E-state index is 11.8. The summed E-state index contributed by atoms with van der Waals surface area (Å²) in [4.78, 5) is 15.8. The second kappa shape index (κ2) is 8.79. The Hall–Kier alpha value is -3.11. The Balaban J connectivity index is 1.40. The van der Waals surface area contributed by atoms with Crippen LogP contribution in [0.3, 0.4) is 0 Å². The Morgan fingerprint density at radius 2 is 1.56 bits per heavy atom. The summed E-state index contributed by atoms with van der Waals surface area (Å²) in [5.41, 5.74) is 6.65. The maximum Gasteiger partial charge on any atom is 0.407 e. The molecule has 1 saturated heterocycles. The number of nitrogens with zero attached hydrogens (tertiary/aromatic N) is 2. The van der Waals surface area contributed by atoms with Crippen LogP contribution in [0.5, 0.6) is 0 Å². The average Bonchev–Trinajstić information content (AvgIpc) is 3.40. The molecule has 5 rings (SSSR count). The Labute approximate surface area is 190 Å². The molecule has 0 radical (unpaired) electrons. The van der Waals surface area contributed by atoms with Gasteiger partial charge in [-0.3, -0.25) is 4.90 Å². The van der Waals surface area contributed by atoms with Crippen LogP contribution in [-0.4, -0.2) is 47.2 Å². The number of rotatable bonds is 6. The van der Waals surface area contributed by atoms with E-state index in [0.29, 0.717) is 12.0 Å². The molecule has 0 spiro atoms. The number of hydrogen-bond donors (Lipinski definition) is 1. The highest BCUT2D eigenvalue weighted by molar-refractivity contribution is 5.78. The number of hydrogen-bond acceptors (Lipinski definition) is 2. The van der Waals surface area contributed by atoms with Crippen LogP contribution in [0.1, 0.15) is 47.9 Å². The van der Waals surface area contributed by atoms with Crippen molar-refractivity contribution < 1.29 is 9.90 Å². The van der Waals surface area contributed by atoms with Gasteiger partial charge in [0.1, 0.15) is 0 Å². The van der Waals surface area contributed by atoms with E-state index < -0.39 is 6.09 Å². The standard InChI is InChI=1S/C28H30N2O2/c1-29(28(31)32)27(20-10-3-2-4-11-20)19-30-17-9-12-21(30)18-26-24-15-7-5-13-22(24)23-14-6-8-16-25(23)26/h2-8,10-11,13-16,21,26-27H,9,12,17-19H2,1H3,(H,31,32). The zero-order chi connectivity index (χ0) is 22.1. The highest BCUT2D eigenvalue weighted by Gasteiger charge is 2.35. The van der Waals surface area contributed by atoms with Crippen LogP contribution >= 0.6 is 0 Å². The van der Waals surface area contributed by atoms with E-state index in [1.165, 1.54) is 40.0 Å². The van der Waals surface area contributed by atoms with E-state index in [4.69, 9.17) is 0 Å². The first-order valence-corrected chi connectivity index (χ1v) is 11.6. The zero-order valence-electron chi connectivity index (χ0n) is 18.5. The molecule has 1 aliphatic heterocycles. The van der Waals surface area contributed by atoms with Gasteiger partial charge in [0, 0.05) is 25.6 Å². The van der Waals surface area contributed by atoms with E-state index in [1.54, 1.807) is 7.05 Å². The van der Waals surface area contributed by atoms with Crippen molar-refractivity contribution in [3.63, 3.8) is 0 Å². The van der Waals surface area contributed by atoms with Crippen LogP contribution in [0, 0.1) is 0 Å². The normalized spacial score (nSPS) is 18.8. The molecule has 0 bridgehead atoms. The van der Waals surface area contributed by atoms with Gasteiger partial charge in [-0.25, -0.2) is 4.79 Å². The molecule has 32 heavy (non-hydrogen) atoms. The fraction of sp³-hybridized carbons (Fsp3) is 0.321. The molecule has 2 unspecified atom stereocenters. The summed E-state index contributed by atoms with van der Waals surface area (Å²) in [6.45, 7) is 1.75. The minimum Gasteiger partial charge on any atom is -0.465 e. The van der Waals surface area contributed by atoms with Crippen LogP contribution in [0.15, 0.2) is 78.9 Å². The average molecular weight is 427 g/mol. The van der Waals surface area contributed by atoms with Crippen molar-refractivity contribution >= 4 is 6.09 Å². The lowest BCUT2D eigenvalue weighted by molar-refractivity contribution is 0.115. The molecule has 0 saturated carbocycles. The molecule has 0 aromatic heterocycles. The molecule has 2 aliphatic rings. The van der Waals surface area contributed by atoms with E-state index in [2.05, 4.69) is 53.4 Å². The van der Waals surface area contributed by atoms with E-state index in [1.807, 2.05) is 30.3 Å². The zero-order valence-corrected chi connectivity index (χ0v) is 18.5. The Morgan fingerprint density at radius 3 is 2.19 bits per heavy atom. The SMILES string of the molecule is CN(C(=O)O)C(CN1CCCC1CC1c2ccccc2-c2ccccc21)c1ccccc1. The Kier molecular flexibility index (Phi) is 5.71. The number of carboxylic acid groups (broad SMARTS) is 1. The van der Waals surface area contributed by atoms with Crippen molar-refractivity contribution in [2.45, 2.75) is 37.3 Å². The first-order chi connectivity index (χ1) is 15.6. The predicted octanol–water partition coefficient (Wildman–Crippen LogP) is 6.00. The van der Waals surface area contributed by atoms with Crippen LogP contribution in [-0.2, 0) is 0 Å². The Morgan fingerprint density at radius 1 is 0.969 bits per heavy atom. The maximum atomic E-state index is 11.8. The minimum atomic E-state index is -0.881. The van der Waals surface area contributed by atoms with Crippen molar-refractivity contribution in [3.05, 3.63) is 95.6 Å². The number of amides is 1. The largest absolute Gasteiger partial charge is 0.465 e. The van der Waals surface area contributed by atoms with Crippen LogP contribution < -0.4 is 0 Å². The predicted molar refractivity (Wildman–Crippen MR) is 128 cm³/mol. The van der Waals surface area contributed by atoms with E-state index in [0.717, 1.165) is 25.1 Å². The Bertz CT molecular complexity index is 1050. The summed E-state index contributed by atoms with van der Waals surface area (Å²) in [6, 6.07) is 27.9. The third-order valence-corrected chi connectivity index (χ3v) is 7.33. The molecule has 1 N–H and O–H groups in total. The van der Waals surface area contributed by atoms with Gasteiger partial charge in [-0.1, -0.05) is 78.9 Å². The van der Waals surface area contributed by atoms with Gasteiger partial charge in [0.05, 0.1) is 6.04 Å². The summed E-state index contributed by atoms with van der Waals surface area (Å²) in [7, 11) is 1.69. The van der Waals surface area contributed by atoms with Crippen LogP contribution in [0.2, 0.25) is 0 Å². The molecule has 1 fully saturated rings. The molecule has 4 nitrogen and oxygen atoms in total. The number of likely N-dealkylation sites (N-methyl/N-ethyl adjacent to an activating group) is 1. The first-order valence-electron chi connectivity index (χ1n) is 11.6. The topological polar surface area (TPSA) is 43.8 Å². The van der Waals surface area contributed by atoms with Crippen molar-refractivity contribution in [3.8, 4) is 11.1 Å². The van der Waals surface area contributed by atoms with Gasteiger partial charge in [0.25, 0.3) is 0 Å². The van der Waals surface area contributed by atoms with Gasteiger partial charge < -0.3 is 10.0 Å². The summed E-state index contributed by atoms with van der Waals surface area (Å²) < 4.78 is 0. The summed E-state index contributed by atoms with van der Waals surface area (Å²) in [5, 5.41) is 9.71. The van der Waals surface area contributed by atoms with Crippen molar-refractivity contribution in [2.24, 2.45) is 0 Å². The van der Waals surface area contributed by atoms with Crippen LogP contribution in [0.4, 0.5) is 4.79 Å². The third kappa shape index (κ3) is 3.80. The summed E-state index contributed by atoms with van der Waals surface area (Å²) >= 11 is 0. The third-order valence-electron chi connectivity index (χ3n) is 7.33. The first kappa shape index (κ1) is 20.8. The number of likely N-dealkylation sites (tertiary alicyclic amines) is 1. The van der Waals surface area contributed by atoms with E-state index >= 15 is 0 Å². The minimum absolute atomic E-state index is 0.169. The lowest BCUT2D eigenvalue weighted by Gasteiger charge is -2.34. The van der Waals surface area contributed by atoms with Crippen molar-refractivity contribution in [2.75, 3.05) is 20.1 Å². The fourth-order valence-corrected chi connectivity index (χ4v) is 5.67. The monoisotopic (exact) mass is 426 g/mol. The summed E-state index contributed by atoms with van der Waals surface area (Å²) in [6.07, 6.45) is 2.53. The molecule has 3 aromatic carbocycles. The number of fused-ring (bicyclic) bond motifs is 3. The molecule has 3 aromatic rings. The number of carbonyl (C=O) groups is 1. The quantitative estimate of drug-likeness (QED) is 0.525. The van der Waals surface area contributed by atoms with Gasteiger partial charge >= 0.3 is 6.09 Å². The lowest BCUT2D eigenvalue weighted by atomic mass is 9.89. The van der Waals surface area contributed by atoms with Crippen LogP contribution in [0.25, 0.3) is 11.1 Å². The second-order valence-electron chi connectivity index (χ2n) is 9.07. The molecule has 2 atom stereocenters. The van der Waals surface area contributed by atoms with Crippen molar-refractivity contribution in [1.82, 2.24) is 9.80 Å². The van der Waals surface area contributed by atoms with Gasteiger partial charge in [0.15, 0.2) is 0 Å². The molecule has 4 heteroatoms. The van der Waals surface area contributed by atoms with E-state index in [9.17, 15) is 9.90 Å². The fourth-order valence-electron chi connectivity index (χ4n) is 5.67. The van der Waals surface area contributed by atoms with E-state index in [-0.39, 0.29) is 6.04 Å². The highest BCUT2D eigenvalue weighted by Crippen LogP contribution is 2.47. The van der Waals surface area contributed by atoms with Crippen molar-refractivity contribution in [1.29, 1.82) is 0 Å². The molecule has 1 heterocycles. The molecule has 1 aliphatic carbocycles. The molecular weight excluding hydrogens is 396 g/mol. The molecule has 1 amide bonds. The smallest absolute Gasteiger partial charge is 0.407 e. The summed E-state index contributed by atoms with van der Waals surface area (Å²) in [5.74, 6) is 0.403. The number of benzene rings is 3. The highest BCUT2D eigenvalue weighted by atomic mass is 16.4.